The number of carbonyl (C=O) groups is 3. The van der Waals surface area contributed by atoms with E-state index in [2.05, 4.69) is 28.2 Å². The number of piperazine rings is 1. The molecule has 1 atom stereocenters. The van der Waals surface area contributed by atoms with Crippen LogP contribution in [0.15, 0.2) is 22.7 Å². The summed E-state index contributed by atoms with van der Waals surface area (Å²) in [7, 11) is 0. The average Bonchev–Trinajstić information content (AvgIpc) is 2.78. The Kier molecular flexibility index (Phi) is 12.3. The molecule has 1 heterocycles. The topological polar surface area (TPSA) is 84.9 Å². The van der Waals surface area contributed by atoms with E-state index in [1.165, 1.54) is 37.0 Å². The smallest absolute Gasteiger partial charge is 0.308 e. The monoisotopic (exact) mass is 524 g/mol. The first-order valence-electron chi connectivity index (χ1n) is 12.0. The van der Waals surface area contributed by atoms with Crippen LogP contribution in [-0.2, 0) is 19.1 Å². The molecule has 7 nitrogen and oxygen atoms in total. The minimum absolute atomic E-state index is 0.147. The van der Waals surface area contributed by atoms with Crippen molar-refractivity contribution in [2.24, 2.45) is 0 Å². The average molecular weight is 525 g/mol. The Hall–Kier alpha value is -2.09. The molecule has 1 fully saturated rings. The summed E-state index contributed by atoms with van der Waals surface area (Å²) in [5.74, 6) is -0.511. The molecule has 1 aliphatic heterocycles. The third-order valence-electron chi connectivity index (χ3n) is 5.76. The zero-order valence-electron chi connectivity index (χ0n) is 19.9. The predicted molar refractivity (Wildman–Crippen MR) is 131 cm³/mol. The van der Waals surface area contributed by atoms with Gasteiger partial charge in [-0.25, -0.2) is 0 Å². The van der Waals surface area contributed by atoms with Crippen molar-refractivity contribution < 1.29 is 23.9 Å². The first-order chi connectivity index (χ1) is 15.9. The van der Waals surface area contributed by atoms with Crippen molar-refractivity contribution in [3.63, 3.8) is 0 Å². The van der Waals surface area contributed by atoms with Crippen molar-refractivity contribution in [3.8, 4) is 5.75 Å². The lowest BCUT2D eigenvalue weighted by atomic mass is 10.1. The maximum Gasteiger partial charge on any atom is 0.308 e. The molecule has 1 aromatic rings. The predicted octanol–water partition coefficient (Wildman–Crippen LogP) is 4.54. The lowest BCUT2D eigenvalue weighted by molar-refractivity contribution is -0.152. The highest BCUT2D eigenvalue weighted by molar-refractivity contribution is 9.10. The van der Waals surface area contributed by atoms with E-state index in [0.717, 1.165) is 29.3 Å². The number of rotatable bonds is 14. The molecule has 1 saturated heterocycles. The number of unbranched alkanes of at least 4 members (excludes halogenated alkanes) is 7. The van der Waals surface area contributed by atoms with Crippen LogP contribution < -0.4 is 10.1 Å². The van der Waals surface area contributed by atoms with E-state index in [0.29, 0.717) is 25.4 Å². The van der Waals surface area contributed by atoms with Crippen molar-refractivity contribution in [3.05, 3.63) is 28.2 Å². The van der Waals surface area contributed by atoms with Crippen LogP contribution in [0.4, 0.5) is 0 Å². The Morgan fingerprint density at radius 3 is 2.52 bits per heavy atom. The number of hydrogen-bond acceptors (Lipinski definition) is 5. The number of hydrogen-bond donors (Lipinski definition) is 1. The van der Waals surface area contributed by atoms with Gasteiger partial charge in [0.25, 0.3) is 5.91 Å². The minimum Gasteiger partial charge on any atom is -0.483 e. The molecule has 0 aromatic heterocycles. The summed E-state index contributed by atoms with van der Waals surface area (Å²) in [4.78, 5) is 38.9. The number of nitrogens with one attached hydrogen (secondary N) is 1. The molecular formula is C25H37BrN2O5. The third kappa shape index (κ3) is 9.74. The largest absolute Gasteiger partial charge is 0.483 e. The molecule has 0 aliphatic carbocycles. The van der Waals surface area contributed by atoms with Gasteiger partial charge < -0.3 is 19.7 Å². The molecular weight excluding hydrogens is 488 g/mol. The Labute approximate surface area is 205 Å². The standard InChI is InChI=1S/C25H37BrN2O5/c1-3-4-5-6-7-8-9-10-15-32-24(30)17-21-25(31)27-13-14-28(21)23(29)18-33-22-12-11-20(26)16-19(22)2/h11-12,16,21H,3-10,13-15,17-18H2,1-2H3,(H,27,31). The van der Waals surface area contributed by atoms with Gasteiger partial charge in [-0.05, 0) is 37.1 Å². The molecule has 1 unspecified atom stereocenters. The van der Waals surface area contributed by atoms with Crippen molar-refractivity contribution in [1.82, 2.24) is 10.2 Å². The van der Waals surface area contributed by atoms with Gasteiger partial charge in [-0.15, -0.1) is 0 Å². The van der Waals surface area contributed by atoms with Gasteiger partial charge in [0.1, 0.15) is 11.8 Å². The van der Waals surface area contributed by atoms with E-state index < -0.39 is 12.0 Å². The van der Waals surface area contributed by atoms with Crippen LogP contribution in [0, 0.1) is 6.92 Å². The Morgan fingerprint density at radius 1 is 1.12 bits per heavy atom. The fourth-order valence-electron chi connectivity index (χ4n) is 3.85. The number of aryl methyl sites for hydroxylation is 1. The van der Waals surface area contributed by atoms with Gasteiger partial charge in [-0.3, -0.25) is 14.4 Å². The number of carbonyl (C=O) groups excluding carboxylic acids is 3. The summed E-state index contributed by atoms with van der Waals surface area (Å²) in [5.41, 5.74) is 0.898. The number of ether oxygens (including phenoxy) is 2. The van der Waals surface area contributed by atoms with Gasteiger partial charge in [0.15, 0.2) is 6.61 Å². The van der Waals surface area contributed by atoms with Crippen molar-refractivity contribution in [2.45, 2.75) is 77.7 Å². The van der Waals surface area contributed by atoms with Crippen molar-refractivity contribution >= 4 is 33.7 Å². The SMILES string of the molecule is CCCCCCCCCCOC(=O)CC1C(=O)NCCN1C(=O)COc1ccc(Br)cc1C. The second-order valence-corrected chi connectivity index (χ2v) is 9.41. The van der Waals surface area contributed by atoms with E-state index in [9.17, 15) is 14.4 Å². The second-order valence-electron chi connectivity index (χ2n) is 8.49. The number of amides is 2. The van der Waals surface area contributed by atoms with Crippen LogP contribution in [0.5, 0.6) is 5.75 Å². The van der Waals surface area contributed by atoms with Gasteiger partial charge in [-0.1, -0.05) is 67.8 Å². The van der Waals surface area contributed by atoms with E-state index in [-0.39, 0.29) is 24.8 Å². The zero-order chi connectivity index (χ0) is 24.1. The zero-order valence-corrected chi connectivity index (χ0v) is 21.5. The molecule has 8 heteroatoms. The molecule has 0 saturated carbocycles. The lowest BCUT2D eigenvalue weighted by Crippen LogP contribution is -2.58. The van der Waals surface area contributed by atoms with E-state index in [1.807, 2.05) is 19.1 Å². The van der Waals surface area contributed by atoms with Gasteiger partial charge >= 0.3 is 5.97 Å². The number of halogens is 1. The lowest BCUT2D eigenvalue weighted by Gasteiger charge is -2.34. The summed E-state index contributed by atoms with van der Waals surface area (Å²) in [6.07, 6.45) is 9.16. The summed E-state index contributed by atoms with van der Waals surface area (Å²) in [6, 6.07) is 4.66. The van der Waals surface area contributed by atoms with Crippen LogP contribution in [0.1, 0.15) is 70.3 Å². The summed E-state index contributed by atoms with van der Waals surface area (Å²) < 4.78 is 11.9. The molecule has 1 N–H and O–H groups in total. The van der Waals surface area contributed by atoms with E-state index in [4.69, 9.17) is 9.47 Å². The van der Waals surface area contributed by atoms with Crippen LogP contribution >= 0.6 is 15.9 Å². The van der Waals surface area contributed by atoms with Gasteiger partial charge in [0.05, 0.1) is 13.0 Å². The molecule has 1 aromatic carbocycles. The van der Waals surface area contributed by atoms with Crippen molar-refractivity contribution in [1.29, 1.82) is 0 Å². The maximum absolute atomic E-state index is 12.8. The van der Waals surface area contributed by atoms with Crippen LogP contribution in [0.25, 0.3) is 0 Å². The first-order valence-corrected chi connectivity index (χ1v) is 12.8. The van der Waals surface area contributed by atoms with E-state index in [1.54, 1.807) is 6.07 Å². The second kappa shape index (κ2) is 14.9. The Morgan fingerprint density at radius 2 is 1.82 bits per heavy atom. The summed E-state index contributed by atoms with van der Waals surface area (Å²) in [5, 5.41) is 2.73. The summed E-state index contributed by atoms with van der Waals surface area (Å²) >= 11 is 3.40. The highest BCUT2D eigenvalue weighted by atomic mass is 79.9. The fourth-order valence-corrected chi connectivity index (χ4v) is 4.33. The molecule has 1 aliphatic rings. The quantitative estimate of drug-likeness (QED) is 0.285. The minimum atomic E-state index is -0.869. The molecule has 184 valence electrons. The highest BCUT2D eigenvalue weighted by Crippen LogP contribution is 2.22. The molecule has 2 rings (SSSR count). The molecule has 2 amide bonds. The van der Waals surface area contributed by atoms with Gasteiger partial charge in [-0.2, -0.15) is 0 Å². The normalized spacial score (nSPS) is 15.8. The number of esters is 1. The molecule has 0 bridgehead atoms. The first kappa shape index (κ1) is 27.2. The maximum atomic E-state index is 12.8. The van der Waals surface area contributed by atoms with Gasteiger partial charge in [0.2, 0.25) is 5.91 Å². The van der Waals surface area contributed by atoms with Crippen LogP contribution in [0.3, 0.4) is 0 Å². The molecule has 0 radical (unpaired) electrons. The Bertz CT molecular complexity index is 786. The van der Waals surface area contributed by atoms with Gasteiger partial charge in [0, 0.05) is 17.6 Å². The van der Waals surface area contributed by atoms with Crippen LogP contribution in [0.2, 0.25) is 0 Å². The molecule has 33 heavy (non-hydrogen) atoms. The van der Waals surface area contributed by atoms with Crippen LogP contribution in [-0.4, -0.2) is 55.0 Å². The molecule has 0 spiro atoms. The number of benzene rings is 1. The fraction of sp³-hybridized carbons (Fsp3) is 0.640. The third-order valence-corrected chi connectivity index (χ3v) is 6.25. The Balaban J connectivity index is 1.75. The van der Waals surface area contributed by atoms with Crippen molar-refractivity contribution in [2.75, 3.05) is 26.3 Å². The van der Waals surface area contributed by atoms with E-state index >= 15 is 0 Å². The summed E-state index contributed by atoms with van der Waals surface area (Å²) in [6.45, 7) is 4.94. The number of nitrogens with zero attached hydrogens (tertiary/aromatic N) is 1. The highest BCUT2D eigenvalue weighted by Gasteiger charge is 2.35.